The van der Waals surface area contributed by atoms with E-state index >= 15 is 0 Å². The fourth-order valence-corrected chi connectivity index (χ4v) is 2.60. The Balaban J connectivity index is 2.26. The highest BCUT2D eigenvalue weighted by molar-refractivity contribution is 6.04. The van der Waals surface area contributed by atoms with Crippen molar-refractivity contribution in [3.8, 4) is 11.4 Å². The van der Waals surface area contributed by atoms with E-state index in [-0.39, 0.29) is 12.2 Å². The third-order valence-electron chi connectivity index (χ3n) is 3.77. The average Bonchev–Trinajstić information content (AvgIpc) is 2.62. The molecule has 0 aliphatic carbocycles. The van der Waals surface area contributed by atoms with Gasteiger partial charge in [0.25, 0.3) is 5.56 Å². The Hall–Kier alpha value is -3.08. The number of aromatic nitrogens is 1. The third kappa shape index (κ3) is 2.76. The zero-order valence-corrected chi connectivity index (χ0v) is 13.5. The summed E-state index contributed by atoms with van der Waals surface area (Å²) in [6.45, 7) is 2.02. The van der Waals surface area contributed by atoms with Crippen LogP contribution in [0.4, 0.5) is 0 Å². The molecule has 0 saturated heterocycles. The average molecular weight is 323 g/mol. The number of methoxy groups -OCH3 is 1. The number of nitrogens with zero attached hydrogens (tertiary/aromatic N) is 1. The van der Waals surface area contributed by atoms with Crippen LogP contribution >= 0.6 is 0 Å². The molecule has 1 aromatic heterocycles. The molecule has 122 valence electrons. The summed E-state index contributed by atoms with van der Waals surface area (Å²) in [5, 5.41) is 1.06. The maximum atomic E-state index is 12.8. The fourth-order valence-electron chi connectivity index (χ4n) is 2.60. The van der Waals surface area contributed by atoms with Gasteiger partial charge >= 0.3 is 5.97 Å². The zero-order valence-electron chi connectivity index (χ0n) is 13.5. The zero-order chi connectivity index (χ0) is 17.1. The van der Waals surface area contributed by atoms with Crippen LogP contribution in [0.25, 0.3) is 16.5 Å². The molecule has 0 atom stereocenters. The van der Waals surface area contributed by atoms with Gasteiger partial charge in [-0.25, -0.2) is 4.79 Å². The summed E-state index contributed by atoms with van der Waals surface area (Å²) in [6, 6.07) is 14.1. The van der Waals surface area contributed by atoms with E-state index in [1.165, 1.54) is 10.8 Å². The van der Waals surface area contributed by atoms with Gasteiger partial charge in [0.2, 0.25) is 0 Å². The van der Waals surface area contributed by atoms with E-state index < -0.39 is 5.97 Å². The van der Waals surface area contributed by atoms with Gasteiger partial charge in [0.05, 0.1) is 19.3 Å². The van der Waals surface area contributed by atoms with Crippen LogP contribution in [0, 0.1) is 0 Å². The normalized spacial score (nSPS) is 10.6. The Morgan fingerprint density at radius 2 is 1.71 bits per heavy atom. The Labute approximate surface area is 139 Å². The molecule has 5 heteroatoms. The number of pyridine rings is 1. The summed E-state index contributed by atoms with van der Waals surface area (Å²) in [5.41, 5.74) is 0.823. The second-order valence-electron chi connectivity index (χ2n) is 5.18. The molecule has 3 rings (SSSR count). The lowest BCUT2D eigenvalue weighted by Gasteiger charge is -2.12. The van der Waals surface area contributed by atoms with Crippen molar-refractivity contribution >= 4 is 16.7 Å². The molecule has 2 aromatic carbocycles. The lowest BCUT2D eigenvalue weighted by atomic mass is 10.1. The molecule has 0 radical (unpaired) electrons. The van der Waals surface area contributed by atoms with Crippen molar-refractivity contribution in [2.45, 2.75) is 6.92 Å². The highest BCUT2D eigenvalue weighted by atomic mass is 16.5. The van der Waals surface area contributed by atoms with Crippen molar-refractivity contribution in [3.63, 3.8) is 0 Å². The smallest absolute Gasteiger partial charge is 0.340 e. The van der Waals surface area contributed by atoms with Crippen LogP contribution < -0.4 is 10.3 Å². The minimum Gasteiger partial charge on any atom is -0.497 e. The predicted molar refractivity (Wildman–Crippen MR) is 92.1 cm³/mol. The standard InChI is InChI=1S/C19H17NO4/c1-3-24-19(22)17-12-20(13-8-10-14(23-2)11-9-13)18(21)16-7-5-4-6-15(16)17/h4-12H,3H2,1-2H3. The minimum atomic E-state index is -0.448. The Morgan fingerprint density at radius 3 is 2.33 bits per heavy atom. The van der Waals surface area contributed by atoms with Crippen molar-refractivity contribution in [3.05, 3.63) is 70.6 Å². The molecule has 0 unspecified atom stereocenters. The predicted octanol–water partition coefficient (Wildman–Crippen LogP) is 3.18. The van der Waals surface area contributed by atoms with Gasteiger partial charge in [-0.3, -0.25) is 9.36 Å². The van der Waals surface area contributed by atoms with Crippen molar-refractivity contribution in [1.82, 2.24) is 4.57 Å². The number of rotatable bonds is 4. The van der Waals surface area contributed by atoms with Crippen LogP contribution in [-0.2, 0) is 4.74 Å². The molecule has 5 nitrogen and oxygen atoms in total. The first-order chi connectivity index (χ1) is 11.7. The molecule has 24 heavy (non-hydrogen) atoms. The topological polar surface area (TPSA) is 57.5 Å². The van der Waals surface area contributed by atoms with Gasteiger partial charge in [-0.2, -0.15) is 0 Å². The lowest BCUT2D eigenvalue weighted by molar-refractivity contribution is 0.0528. The Kier molecular flexibility index (Phi) is 4.33. The van der Waals surface area contributed by atoms with E-state index in [9.17, 15) is 9.59 Å². The Morgan fingerprint density at radius 1 is 1.04 bits per heavy atom. The van der Waals surface area contributed by atoms with E-state index in [0.717, 1.165) is 0 Å². The van der Waals surface area contributed by atoms with Crippen molar-refractivity contribution in [1.29, 1.82) is 0 Å². The summed E-state index contributed by atoms with van der Waals surface area (Å²) in [6.07, 6.45) is 1.53. The van der Waals surface area contributed by atoms with E-state index in [4.69, 9.17) is 9.47 Å². The third-order valence-corrected chi connectivity index (χ3v) is 3.77. The SMILES string of the molecule is CCOC(=O)c1cn(-c2ccc(OC)cc2)c(=O)c2ccccc12. The summed E-state index contributed by atoms with van der Waals surface area (Å²) >= 11 is 0. The largest absolute Gasteiger partial charge is 0.497 e. The van der Waals surface area contributed by atoms with E-state index in [2.05, 4.69) is 0 Å². The summed E-state index contributed by atoms with van der Waals surface area (Å²) in [7, 11) is 1.58. The van der Waals surface area contributed by atoms with Gasteiger partial charge in [0.15, 0.2) is 0 Å². The minimum absolute atomic E-state index is 0.191. The second kappa shape index (κ2) is 6.58. The molecule has 0 spiro atoms. The molecular weight excluding hydrogens is 306 g/mol. The maximum Gasteiger partial charge on any atom is 0.340 e. The van der Waals surface area contributed by atoms with Gasteiger partial charge in [0, 0.05) is 22.7 Å². The van der Waals surface area contributed by atoms with Gasteiger partial charge in [0.1, 0.15) is 5.75 Å². The summed E-state index contributed by atoms with van der Waals surface area (Å²) < 4.78 is 11.7. The second-order valence-corrected chi connectivity index (χ2v) is 5.18. The number of carbonyl (C=O) groups is 1. The van der Waals surface area contributed by atoms with E-state index in [0.29, 0.717) is 27.8 Å². The number of esters is 1. The first-order valence-electron chi connectivity index (χ1n) is 7.61. The molecule has 0 bridgehead atoms. The number of carbonyl (C=O) groups excluding carboxylic acids is 1. The van der Waals surface area contributed by atoms with Crippen LogP contribution in [0.2, 0.25) is 0 Å². The first kappa shape index (κ1) is 15.8. The van der Waals surface area contributed by atoms with Gasteiger partial charge < -0.3 is 9.47 Å². The molecule has 0 fully saturated rings. The van der Waals surface area contributed by atoms with Crippen molar-refractivity contribution in [2.75, 3.05) is 13.7 Å². The monoisotopic (exact) mass is 323 g/mol. The number of ether oxygens (including phenoxy) is 2. The van der Waals surface area contributed by atoms with E-state index in [1.807, 2.05) is 0 Å². The lowest BCUT2D eigenvalue weighted by Crippen LogP contribution is -2.21. The highest BCUT2D eigenvalue weighted by Gasteiger charge is 2.16. The van der Waals surface area contributed by atoms with Crippen LogP contribution in [0.3, 0.4) is 0 Å². The molecular formula is C19H17NO4. The quantitative estimate of drug-likeness (QED) is 0.692. The van der Waals surface area contributed by atoms with Gasteiger partial charge in [-0.15, -0.1) is 0 Å². The van der Waals surface area contributed by atoms with Gasteiger partial charge in [-0.1, -0.05) is 18.2 Å². The number of hydrogen-bond donors (Lipinski definition) is 0. The van der Waals surface area contributed by atoms with Gasteiger partial charge in [-0.05, 0) is 37.3 Å². The van der Waals surface area contributed by atoms with Crippen LogP contribution in [0.1, 0.15) is 17.3 Å². The fraction of sp³-hybridized carbons (Fsp3) is 0.158. The molecule has 0 amide bonds. The molecule has 1 heterocycles. The molecule has 0 saturated carbocycles. The first-order valence-corrected chi connectivity index (χ1v) is 7.61. The number of fused-ring (bicyclic) bond motifs is 1. The highest BCUT2D eigenvalue weighted by Crippen LogP contribution is 2.20. The molecule has 0 aliphatic heterocycles. The summed E-state index contributed by atoms with van der Waals surface area (Å²) in [5.74, 6) is 0.245. The number of benzene rings is 2. The van der Waals surface area contributed by atoms with Crippen LogP contribution in [0.15, 0.2) is 59.5 Å². The van der Waals surface area contributed by atoms with Crippen LogP contribution in [-0.4, -0.2) is 24.3 Å². The van der Waals surface area contributed by atoms with Crippen molar-refractivity contribution in [2.24, 2.45) is 0 Å². The molecule has 0 aliphatic rings. The summed E-state index contributed by atoms with van der Waals surface area (Å²) in [4.78, 5) is 25.1. The van der Waals surface area contributed by atoms with Crippen molar-refractivity contribution < 1.29 is 14.3 Å². The maximum absolute atomic E-state index is 12.8. The van der Waals surface area contributed by atoms with E-state index in [1.54, 1.807) is 62.6 Å². The number of hydrogen-bond acceptors (Lipinski definition) is 4. The Bertz CT molecular complexity index is 942. The van der Waals surface area contributed by atoms with Crippen LogP contribution in [0.5, 0.6) is 5.75 Å². The molecule has 0 N–H and O–H groups in total. The molecule has 3 aromatic rings.